The van der Waals surface area contributed by atoms with Crippen molar-refractivity contribution in [2.45, 2.75) is 118 Å². The van der Waals surface area contributed by atoms with Crippen LogP contribution in [0.3, 0.4) is 0 Å². The maximum atomic E-state index is 2.51. The van der Waals surface area contributed by atoms with E-state index in [-0.39, 0.29) is 20.6 Å². The van der Waals surface area contributed by atoms with Crippen LogP contribution in [-0.2, 0) is 0 Å². The van der Waals surface area contributed by atoms with Crippen LogP contribution in [0.15, 0.2) is 97.1 Å². The third-order valence-electron chi connectivity index (χ3n) is 9.79. The lowest BCUT2D eigenvalue weighted by atomic mass is 9.96. The molecule has 234 valence electrons. The Balaban J connectivity index is 2.33. The van der Waals surface area contributed by atoms with E-state index in [1.54, 1.807) is 10.6 Å². The normalized spacial score (nSPS) is 13.7. The van der Waals surface area contributed by atoms with Crippen LogP contribution in [0, 0.1) is 13.8 Å². The van der Waals surface area contributed by atoms with Crippen molar-refractivity contribution in [3.05, 3.63) is 108 Å². The van der Waals surface area contributed by atoms with Crippen molar-refractivity contribution in [1.82, 2.24) is 0 Å². The van der Waals surface area contributed by atoms with E-state index in [2.05, 4.69) is 194 Å². The highest BCUT2D eigenvalue weighted by molar-refractivity contribution is 7.93. The van der Waals surface area contributed by atoms with E-state index in [0.29, 0.717) is 0 Å². The second-order valence-electron chi connectivity index (χ2n) is 16.6. The SMILES string of the molecule is Cc1cccc([P+](c2ccccc2)(C(C)(C)C)C(C)(C)C)c1-c1c(C)cccc1[P+](c1ccccc1)(C(C)(C)C)C(C)(C)C. The van der Waals surface area contributed by atoms with E-state index in [1.165, 1.54) is 32.9 Å². The average Bonchev–Trinajstić information content (AvgIpc) is 2.88. The van der Waals surface area contributed by atoms with Gasteiger partial charge in [-0.05, 0) is 144 Å². The number of hydrogen-bond donors (Lipinski definition) is 0. The molecule has 0 heterocycles. The summed E-state index contributed by atoms with van der Waals surface area (Å²) in [6, 6.07) is 37.4. The molecule has 0 radical (unpaired) electrons. The monoisotopic (exact) mass is 624 g/mol. The summed E-state index contributed by atoms with van der Waals surface area (Å²) < 4.78 is 0. The summed E-state index contributed by atoms with van der Waals surface area (Å²) in [6.07, 6.45) is 0. The molecule has 0 aliphatic heterocycles. The first-order valence-corrected chi connectivity index (χ1v) is 19.9. The van der Waals surface area contributed by atoms with E-state index in [0.717, 1.165) is 0 Å². The van der Waals surface area contributed by atoms with Gasteiger partial charge in [0.15, 0.2) is 0 Å². The molecule has 0 bridgehead atoms. The molecule has 0 N–H and O–H groups in total. The van der Waals surface area contributed by atoms with E-state index in [1.807, 2.05) is 0 Å². The van der Waals surface area contributed by atoms with Gasteiger partial charge in [-0.2, -0.15) is 0 Å². The Bertz CT molecular complexity index is 1430. The maximum absolute atomic E-state index is 2.51. The van der Waals surface area contributed by atoms with Crippen LogP contribution in [0.5, 0.6) is 0 Å². The zero-order chi connectivity index (χ0) is 32.9. The molecule has 0 fully saturated rings. The Kier molecular flexibility index (Phi) is 9.31. The predicted molar refractivity (Wildman–Crippen MR) is 206 cm³/mol. The highest BCUT2D eigenvalue weighted by Gasteiger charge is 2.64. The Morgan fingerprint density at radius 2 is 0.614 bits per heavy atom. The highest BCUT2D eigenvalue weighted by atomic mass is 31.2. The van der Waals surface area contributed by atoms with Gasteiger partial charge in [0, 0.05) is 11.1 Å². The second-order valence-corrected chi connectivity index (χ2v) is 26.7. The van der Waals surface area contributed by atoms with Crippen molar-refractivity contribution in [2.24, 2.45) is 0 Å². The lowest BCUT2D eigenvalue weighted by Crippen LogP contribution is -2.48. The molecule has 0 saturated heterocycles. The standard InChI is InChI=1S/C42H58P2/c1-31-23-21-29-35(43(39(3,4)5,40(6,7)8)33-25-17-15-18-26-33)37(31)38-32(2)24-22-30-36(38)44(41(9,10)11,42(12,13)14)34-27-19-16-20-28-34/h15-30H,1-14H3/q+2. The molecule has 0 nitrogen and oxygen atoms in total. The van der Waals surface area contributed by atoms with Crippen LogP contribution in [0.2, 0.25) is 0 Å². The van der Waals surface area contributed by atoms with Gasteiger partial charge in [0.05, 0.1) is 35.1 Å². The molecule has 0 saturated carbocycles. The van der Waals surface area contributed by atoms with Crippen LogP contribution in [-0.4, -0.2) is 20.6 Å². The van der Waals surface area contributed by atoms with Crippen molar-refractivity contribution in [3.8, 4) is 11.1 Å². The maximum Gasteiger partial charge on any atom is 0.108 e. The van der Waals surface area contributed by atoms with E-state index >= 15 is 0 Å². The molecule has 0 aliphatic rings. The molecule has 4 rings (SSSR count). The molecular weight excluding hydrogens is 566 g/mol. The fraction of sp³-hybridized carbons (Fsp3) is 0.429. The average molecular weight is 625 g/mol. The lowest BCUT2D eigenvalue weighted by Gasteiger charge is -2.49. The van der Waals surface area contributed by atoms with Crippen molar-refractivity contribution in [3.63, 3.8) is 0 Å². The number of rotatable bonds is 5. The van der Waals surface area contributed by atoms with Gasteiger partial charge in [-0.25, -0.2) is 0 Å². The molecule has 0 atom stereocenters. The minimum absolute atomic E-state index is 0.0394. The number of benzene rings is 4. The highest BCUT2D eigenvalue weighted by Crippen LogP contribution is 2.77. The summed E-state index contributed by atoms with van der Waals surface area (Å²) in [5, 5.41) is 6.25. The molecule has 2 heteroatoms. The molecule has 4 aromatic carbocycles. The first-order valence-electron chi connectivity index (χ1n) is 16.3. The van der Waals surface area contributed by atoms with Gasteiger partial charge in [0.2, 0.25) is 0 Å². The van der Waals surface area contributed by atoms with Crippen LogP contribution in [0.25, 0.3) is 11.1 Å². The topological polar surface area (TPSA) is 0 Å². The molecule has 0 amide bonds. The largest absolute Gasteiger partial charge is 0.108 e. The van der Waals surface area contributed by atoms with Gasteiger partial charge < -0.3 is 0 Å². The molecule has 0 aromatic heterocycles. The Morgan fingerprint density at radius 3 is 0.864 bits per heavy atom. The van der Waals surface area contributed by atoms with E-state index in [4.69, 9.17) is 0 Å². The van der Waals surface area contributed by atoms with Gasteiger partial charge in [0.25, 0.3) is 0 Å². The predicted octanol–water partition coefficient (Wildman–Crippen LogP) is 11.1. The molecule has 0 spiro atoms. The van der Waals surface area contributed by atoms with Crippen molar-refractivity contribution < 1.29 is 0 Å². The lowest BCUT2D eigenvalue weighted by molar-refractivity contribution is 0.702. The summed E-state index contributed by atoms with van der Waals surface area (Å²) in [5.41, 5.74) is 5.69. The molecule has 0 aliphatic carbocycles. The minimum Gasteiger partial charge on any atom is -0.0620 e. The minimum atomic E-state index is -2.03. The number of aryl methyl sites for hydroxylation is 2. The molecular formula is C42H58P2+2. The molecule has 4 aromatic rings. The molecule has 0 unspecified atom stereocenters. The molecule has 44 heavy (non-hydrogen) atoms. The quantitative estimate of drug-likeness (QED) is 0.194. The summed E-state index contributed by atoms with van der Waals surface area (Å²) in [5.74, 6) is 0. The summed E-state index contributed by atoms with van der Waals surface area (Å²) in [7, 11) is -4.06. The Hall–Kier alpha value is -2.26. The van der Waals surface area contributed by atoms with Crippen LogP contribution in [0.4, 0.5) is 0 Å². The fourth-order valence-corrected chi connectivity index (χ4v) is 22.8. The first kappa shape index (κ1) is 34.6. The smallest absolute Gasteiger partial charge is 0.0620 e. The Labute approximate surface area is 271 Å². The summed E-state index contributed by atoms with van der Waals surface area (Å²) in [6.45, 7) is 34.7. The first-order chi connectivity index (χ1) is 20.2. The van der Waals surface area contributed by atoms with Crippen LogP contribution in [0.1, 0.15) is 94.2 Å². The van der Waals surface area contributed by atoms with Crippen LogP contribution < -0.4 is 21.2 Å². The van der Waals surface area contributed by atoms with Gasteiger partial charge in [-0.15, -0.1) is 0 Å². The summed E-state index contributed by atoms with van der Waals surface area (Å²) in [4.78, 5) is 0. The zero-order valence-electron chi connectivity index (χ0n) is 30.1. The van der Waals surface area contributed by atoms with E-state index < -0.39 is 14.5 Å². The third kappa shape index (κ3) is 5.33. The zero-order valence-corrected chi connectivity index (χ0v) is 31.9. The third-order valence-corrected chi connectivity index (χ3v) is 22.2. The van der Waals surface area contributed by atoms with Crippen LogP contribution >= 0.6 is 14.5 Å². The van der Waals surface area contributed by atoms with Crippen molar-refractivity contribution in [2.75, 3.05) is 0 Å². The van der Waals surface area contributed by atoms with Crippen molar-refractivity contribution in [1.29, 1.82) is 0 Å². The summed E-state index contributed by atoms with van der Waals surface area (Å²) >= 11 is 0. The number of hydrogen-bond acceptors (Lipinski definition) is 0. The van der Waals surface area contributed by atoms with E-state index in [9.17, 15) is 0 Å². The Morgan fingerprint density at radius 1 is 0.341 bits per heavy atom. The van der Waals surface area contributed by atoms with Crippen molar-refractivity contribution >= 4 is 35.7 Å². The second kappa shape index (κ2) is 11.8. The van der Waals surface area contributed by atoms with Gasteiger partial charge in [-0.1, -0.05) is 60.7 Å². The van der Waals surface area contributed by atoms with Gasteiger partial charge in [-0.3, -0.25) is 0 Å². The van der Waals surface area contributed by atoms with Gasteiger partial charge >= 0.3 is 0 Å². The van der Waals surface area contributed by atoms with Gasteiger partial charge in [0.1, 0.15) is 21.2 Å². The fourth-order valence-electron chi connectivity index (χ4n) is 9.10.